The molecular weight excluding hydrogens is 631 g/mol. The quantitative estimate of drug-likeness (QED) is 0.0502. The first-order valence-electron chi connectivity index (χ1n) is 15.3. The Morgan fingerprint density at radius 2 is 0.902 bits per heavy atom. The average molecular weight is 690 g/mol. The monoisotopic (exact) mass is 690 g/mol. The van der Waals surface area contributed by atoms with Gasteiger partial charge in [0, 0.05) is 23.3 Å². The molecule has 0 aromatic rings. The predicted octanol–water partition coefficient (Wildman–Crippen LogP) is 8.50. The molecule has 2 radical (unpaired) electrons. The van der Waals surface area contributed by atoms with Crippen molar-refractivity contribution >= 4 is 45.0 Å². The van der Waals surface area contributed by atoms with Crippen molar-refractivity contribution in [1.29, 1.82) is 0 Å². The van der Waals surface area contributed by atoms with Gasteiger partial charge in [-0.3, -0.25) is 0 Å². The number of hydrogen-bond donors (Lipinski definition) is 4. The normalized spacial score (nSPS) is 11.4. The molecule has 0 saturated heterocycles. The Morgan fingerprint density at radius 3 is 1.15 bits per heavy atom. The maximum atomic E-state index is 10.7. The Labute approximate surface area is 259 Å². The Morgan fingerprint density at radius 1 is 0.561 bits per heavy atom. The summed E-state index contributed by atoms with van der Waals surface area (Å²) in [5, 5.41) is 34.4. The van der Waals surface area contributed by atoms with Gasteiger partial charge in [-0.1, -0.05) is 66.2 Å². The van der Waals surface area contributed by atoms with Crippen LogP contribution in [0.3, 0.4) is 0 Å². The molecule has 0 unspecified atom stereocenters. The zero-order chi connectivity index (χ0) is 32.1. The van der Waals surface area contributed by atoms with Crippen molar-refractivity contribution in [3.05, 3.63) is 23.3 Å². The van der Waals surface area contributed by atoms with Crippen LogP contribution in [0.25, 0.3) is 0 Å². The molecule has 0 bridgehead atoms. The number of carboxylic acid groups (broad SMARTS) is 4. The van der Waals surface area contributed by atoms with Crippen molar-refractivity contribution in [2.45, 2.75) is 140 Å². The van der Waals surface area contributed by atoms with Crippen molar-refractivity contribution in [2.75, 3.05) is 0 Å². The van der Waals surface area contributed by atoms with Crippen LogP contribution in [0.15, 0.2) is 23.3 Å². The Kier molecular flexibility index (Phi) is 33.1. The summed E-state index contributed by atoms with van der Waals surface area (Å²) in [5.74, 6) is -3.33. The van der Waals surface area contributed by atoms with Crippen molar-refractivity contribution < 1.29 is 39.6 Å². The van der Waals surface area contributed by atoms with Gasteiger partial charge in [0.25, 0.3) is 0 Å². The minimum absolute atomic E-state index is 0.0166. The van der Waals surface area contributed by atoms with Crippen molar-refractivity contribution in [1.82, 2.24) is 0 Å². The van der Waals surface area contributed by atoms with Gasteiger partial charge in [0.05, 0.1) is 0 Å². The summed E-state index contributed by atoms with van der Waals surface area (Å²) >= 11 is 0.149. The summed E-state index contributed by atoms with van der Waals surface area (Å²) in [6.45, 7) is 13.2. The van der Waals surface area contributed by atoms with Crippen LogP contribution in [0.2, 0.25) is 8.87 Å². The van der Waals surface area contributed by atoms with Crippen molar-refractivity contribution in [3.8, 4) is 0 Å². The molecule has 41 heavy (non-hydrogen) atoms. The fourth-order valence-electron chi connectivity index (χ4n) is 3.60. The number of aliphatic carboxylic acids is 4. The van der Waals surface area contributed by atoms with E-state index in [9.17, 15) is 19.2 Å². The molecule has 0 rings (SSSR count). The number of carbonyl (C=O) groups is 4. The standard InChI is InChI=1S/2C12H20O4.2C4H9.Sn/c2*1-9(2)6-4-3-5-7-10(12(15)16)8-11(13)14;2*1-3-4-2;/h2*8-9H,3-7H2,1-2H3,(H,13,14)(H,15,16);2*1,3-4H2,2H3;/b2*10-8-;;;. The minimum atomic E-state index is -1.19. The summed E-state index contributed by atoms with van der Waals surface area (Å²) in [4.78, 5) is 42.1. The van der Waals surface area contributed by atoms with Gasteiger partial charge >= 0.3 is 93.4 Å². The van der Waals surface area contributed by atoms with Crippen LogP contribution in [0.4, 0.5) is 0 Å². The van der Waals surface area contributed by atoms with Crippen molar-refractivity contribution in [2.24, 2.45) is 11.8 Å². The summed E-state index contributed by atoms with van der Waals surface area (Å²) in [6.07, 6.45) is 15.8. The fraction of sp³-hybridized carbons (Fsp3) is 0.750. The van der Waals surface area contributed by atoms with E-state index in [0.717, 1.165) is 63.5 Å². The van der Waals surface area contributed by atoms with Crippen LogP contribution >= 0.6 is 0 Å². The Balaban J connectivity index is -0.000000551. The molecule has 0 aromatic heterocycles. The van der Waals surface area contributed by atoms with E-state index >= 15 is 0 Å². The molecule has 0 saturated carbocycles. The van der Waals surface area contributed by atoms with Gasteiger partial charge < -0.3 is 20.4 Å². The number of unbranched alkanes of at least 4 members (excludes halogenated alkanes) is 6. The van der Waals surface area contributed by atoms with E-state index in [2.05, 4.69) is 41.5 Å². The molecule has 0 spiro atoms. The van der Waals surface area contributed by atoms with E-state index in [1.54, 1.807) is 8.87 Å². The molecule has 9 heteroatoms. The number of rotatable bonds is 22. The summed E-state index contributed by atoms with van der Waals surface area (Å²) in [5.41, 5.74) is -0.0332. The van der Waals surface area contributed by atoms with Gasteiger partial charge in [0.15, 0.2) is 0 Å². The van der Waals surface area contributed by atoms with E-state index < -0.39 is 23.9 Å². The van der Waals surface area contributed by atoms with Gasteiger partial charge in [-0.05, 0) is 37.5 Å². The zero-order valence-corrected chi connectivity index (χ0v) is 29.4. The third-order valence-electron chi connectivity index (χ3n) is 6.01. The third-order valence-corrected chi connectivity index (χ3v) is 10.1. The SMILES string of the molecule is CC(C)CCCCC/C(=C/C(=O)O)C(=O)O.CC(C)CCCCC/C(=C/C(=O)O)C(=O)O.CCC[CH2][Sn][CH2]CCC. The Hall–Kier alpha value is -1.84. The number of carboxylic acids is 4. The fourth-order valence-corrected chi connectivity index (χ4v) is 7.76. The molecule has 0 aliphatic rings. The van der Waals surface area contributed by atoms with Crippen molar-refractivity contribution in [3.63, 3.8) is 0 Å². The van der Waals surface area contributed by atoms with Gasteiger partial charge in [0.1, 0.15) is 0 Å². The third kappa shape index (κ3) is 38.2. The van der Waals surface area contributed by atoms with E-state index in [1.807, 2.05) is 0 Å². The summed E-state index contributed by atoms with van der Waals surface area (Å²) in [7, 11) is 0. The molecule has 0 heterocycles. The van der Waals surface area contributed by atoms with Crippen LogP contribution in [0.5, 0.6) is 0 Å². The second-order valence-corrected chi connectivity index (χ2v) is 15.4. The molecule has 0 atom stereocenters. The van der Waals surface area contributed by atoms with E-state index in [4.69, 9.17) is 20.4 Å². The van der Waals surface area contributed by atoms with Gasteiger partial charge in [-0.25, -0.2) is 19.2 Å². The second-order valence-electron chi connectivity index (χ2n) is 11.1. The van der Waals surface area contributed by atoms with E-state index in [1.165, 1.54) is 25.7 Å². The van der Waals surface area contributed by atoms with E-state index in [-0.39, 0.29) is 32.3 Å². The first-order valence-corrected chi connectivity index (χ1v) is 19.4. The van der Waals surface area contributed by atoms with E-state index in [0.29, 0.717) is 24.7 Å². The van der Waals surface area contributed by atoms with Gasteiger partial charge in [0.2, 0.25) is 0 Å². The first-order chi connectivity index (χ1) is 19.3. The molecule has 0 amide bonds. The molecule has 0 fully saturated rings. The van der Waals surface area contributed by atoms with Crippen LogP contribution in [-0.4, -0.2) is 65.4 Å². The van der Waals surface area contributed by atoms with Gasteiger partial charge in [-0.2, -0.15) is 0 Å². The molecule has 8 nitrogen and oxygen atoms in total. The maximum absolute atomic E-state index is 10.7. The topological polar surface area (TPSA) is 149 Å². The summed E-state index contributed by atoms with van der Waals surface area (Å²) in [6, 6.07) is 0. The Bertz CT molecular complexity index is 695. The molecule has 4 N–H and O–H groups in total. The van der Waals surface area contributed by atoms with Crippen LogP contribution < -0.4 is 0 Å². The molecule has 0 aromatic carbocycles. The van der Waals surface area contributed by atoms with Gasteiger partial charge in [-0.15, -0.1) is 0 Å². The zero-order valence-electron chi connectivity index (χ0n) is 26.5. The number of hydrogen-bond acceptors (Lipinski definition) is 4. The molecule has 0 aliphatic carbocycles. The van der Waals surface area contributed by atoms with Crippen LogP contribution in [0.1, 0.15) is 131 Å². The molecular formula is C32H58O8Sn. The first kappa shape index (κ1) is 43.6. The summed E-state index contributed by atoms with van der Waals surface area (Å²) < 4.78 is 3.25. The molecule has 238 valence electrons. The van der Waals surface area contributed by atoms with Crippen LogP contribution in [0, 0.1) is 11.8 Å². The molecule has 0 aliphatic heterocycles. The second kappa shape index (κ2) is 31.1. The predicted molar refractivity (Wildman–Crippen MR) is 168 cm³/mol. The average Bonchev–Trinajstić information content (AvgIpc) is 2.86. The van der Waals surface area contributed by atoms with Crippen LogP contribution in [-0.2, 0) is 19.2 Å².